The SMILES string of the molecule is COc1cc([C@H]2c3c(cc(OC)c(O)c3O)C[C@@H](CO)[C@@H]2CO)ccc1O. The number of aromatic hydroxyl groups is 3. The lowest BCUT2D eigenvalue weighted by atomic mass is 9.66. The van der Waals surface area contributed by atoms with E-state index in [1.807, 2.05) is 0 Å². The molecule has 2 aromatic carbocycles. The van der Waals surface area contributed by atoms with Gasteiger partial charge in [0.15, 0.2) is 23.0 Å². The van der Waals surface area contributed by atoms with Crippen LogP contribution in [-0.4, -0.2) is 53.0 Å². The Balaban J connectivity index is 2.26. The normalized spacial score (nSPS) is 21.6. The summed E-state index contributed by atoms with van der Waals surface area (Å²) in [5.74, 6) is -1.46. The van der Waals surface area contributed by atoms with Gasteiger partial charge in [-0.3, -0.25) is 0 Å². The summed E-state index contributed by atoms with van der Waals surface area (Å²) in [7, 11) is 2.83. The van der Waals surface area contributed by atoms with Crippen LogP contribution in [0.1, 0.15) is 22.6 Å². The van der Waals surface area contributed by atoms with E-state index in [1.165, 1.54) is 20.3 Å². The molecular formula is C20H24O7. The maximum absolute atomic E-state index is 10.7. The number of hydrogen-bond acceptors (Lipinski definition) is 7. The molecule has 0 spiro atoms. The van der Waals surface area contributed by atoms with Crippen molar-refractivity contribution in [2.75, 3.05) is 27.4 Å². The van der Waals surface area contributed by atoms with E-state index in [0.29, 0.717) is 17.5 Å². The van der Waals surface area contributed by atoms with Crippen LogP contribution in [0.15, 0.2) is 24.3 Å². The van der Waals surface area contributed by atoms with Crippen molar-refractivity contribution < 1.29 is 35.0 Å². The zero-order chi connectivity index (χ0) is 19.7. The second-order valence-electron chi connectivity index (χ2n) is 6.75. The highest BCUT2D eigenvalue weighted by molar-refractivity contribution is 5.62. The van der Waals surface area contributed by atoms with Crippen molar-refractivity contribution in [2.45, 2.75) is 12.3 Å². The highest BCUT2D eigenvalue weighted by atomic mass is 16.5. The lowest BCUT2D eigenvalue weighted by Gasteiger charge is -2.39. The average molecular weight is 376 g/mol. The molecule has 0 saturated heterocycles. The molecule has 0 aliphatic heterocycles. The van der Waals surface area contributed by atoms with Gasteiger partial charge in [-0.2, -0.15) is 0 Å². The summed E-state index contributed by atoms with van der Waals surface area (Å²) in [6.07, 6.45) is 0.424. The van der Waals surface area contributed by atoms with Gasteiger partial charge in [-0.15, -0.1) is 0 Å². The molecule has 1 aliphatic rings. The Kier molecular flexibility index (Phi) is 5.34. The smallest absolute Gasteiger partial charge is 0.200 e. The second-order valence-corrected chi connectivity index (χ2v) is 6.75. The molecular weight excluding hydrogens is 352 g/mol. The molecule has 0 aromatic heterocycles. The molecule has 1 aliphatic carbocycles. The zero-order valence-electron chi connectivity index (χ0n) is 15.2. The first kappa shape index (κ1) is 19.1. The topological polar surface area (TPSA) is 120 Å². The number of phenols is 3. The molecule has 3 atom stereocenters. The first-order valence-corrected chi connectivity index (χ1v) is 8.67. The molecule has 146 valence electrons. The van der Waals surface area contributed by atoms with Crippen molar-refractivity contribution in [3.8, 4) is 28.7 Å². The molecule has 7 nitrogen and oxygen atoms in total. The highest BCUT2D eigenvalue weighted by Gasteiger charge is 2.40. The van der Waals surface area contributed by atoms with E-state index >= 15 is 0 Å². The fourth-order valence-electron chi connectivity index (χ4n) is 4.05. The molecule has 0 fully saturated rings. The Bertz CT molecular complexity index is 834. The maximum Gasteiger partial charge on any atom is 0.200 e. The van der Waals surface area contributed by atoms with Crippen LogP contribution in [0.5, 0.6) is 28.7 Å². The van der Waals surface area contributed by atoms with Crippen LogP contribution in [-0.2, 0) is 6.42 Å². The minimum atomic E-state index is -0.512. The molecule has 27 heavy (non-hydrogen) atoms. The number of phenolic OH excluding ortho intramolecular Hbond substituents is 3. The van der Waals surface area contributed by atoms with Gasteiger partial charge in [0.25, 0.3) is 0 Å². The minimum absolute atomic E-state index is 0.0293. The summed E-state index contributed by atoms with van der Waals surface area (Å²) in [6.45, 7) is -0.356. The lowest BCUT2D eigenvalue weighted by Crippen LogP contribution is -2.35. The summed E-state index contributed by atoms with van der Waals surface area (Å²) in [5, 5.41) is 50.8. The number of rotatable bonds is 5. The van der Waals surface area contributed by atoms with E-state index in [4.69, 9.17) is 9.47 Å². The van der Waals surface area contributed by atoms with Crippen LogP contribution in [0.4, 0.5) is 0 Å². The second kappa shape index (κ2) is 7.54. The molecule has 7 heteroatoms. The highest BCUT2D eigenvalue weighted by Crippen LogP contribution is 2.52. The number of fused-ring (bicyclic) bond motifs is 1. The van der Waals surface area contributed by atoms with Crippen molar-refractivity contribution >= 4 is 0 Å². The average Bonchev–Trinajstić information content (AvgIpc) is 2.69. The van der Waals surface area contributed by atoms with E-state index in [2.05, 4.69) is 0 Å². The van der Waals surface area contributed by atoms with E-state index in [0.717, 1.165) is 5.56 Å². The van der Waals surface area contributed by atoms with Crippen molar-refractivity contribution in [3.05, 3.63) is 41.0 Å². The van der Waals surface area contributed by atoms with Crippen molar-refractivity contribution in [3.63, 3.8) is 0 Å². The number of aliphatic hydroxyl groups is 2. The molecule has 0 bridgehead atoms. The fraction of sp³-hybridized carbons (Fsp3) is 0.400. The van der Waals surface area contributed by atoms with Crippen molar-refractivity contribution in [1.82, 2.24) is 0 Å². The van der Waals surface area contributed by atoms with E-state index < -0.39 is 11.8 Å². The monoisotopic (exact) mass is 376 g/mol. The molecule has 2 aromatic rings. The molecule has 0 amide bonds. The number of benzene rings is 2. The van der Waals surface area contributed by atoms with Crippen LogP contribution >= 0.6 is 0 Å². The predicted molar refractivity (Wildman–Crippen MR) is 97.7 cm³/mol. The predicted octanol–water partition coefficient (Wildman–Crippen LogP) is 1.73. The molecule has 5 N–H and O–H groups in total. The van der Waals surface area contributed by atoms with Gasteiger partial charge in [-0.05, 0) is 47.6 Å². The first-order chi connectivity index (χ1) is 13.0. The van der Waals surface area contributed by atoms with Gasteiger partial charge in [0, 0.05) is 24.7 Å². The van der Waals surface area contributed by atoms with Crippen LogP contribution in [0, 0.1) is 11.8 Å². The first-order valence-electron chi connectivity index (χ1n) is 8.67. The summed E-state index contributed by atoms with van der Waals surface area (Å²) < 4.78 is 10.3. The Morgan fingerprint density at radius 2 is 1.63 bits per heavy atom. The quantitative estimate of drug-likeness (QED) is 0.504. The molecule has 0 radical (unpaired) electrons. The van der Waals surface area contributed by atoms with E-state index in [9.17, 15) is 25.5 Å². The number of aliphatic hydroxyl groups excluding tert-OH is 2. The molecule has 0 saturated carbocycles. The summed E-state index contributed by atoms with van der Waals surface area (Å²) in [5.41, 5.74) is 1.88. The molecule has 0 unspecified atom stereocenters. The molecule has 3 rings (SSSR count). The molecule has 0 heterocycles. The Labute approximate surface area is 157 Å². The van der Waals surface area contributed by atoms with Crippen LogP contribution in [0.25, 0.3) is 0 Å². The van der Waals surface area contributed by atoms with Gasteiger partial charge >= 0.3 is 0 Å². The van der Waals surface area contributed by atoms with Crippen molar-refractivity contribution in [1.29, 1.82) is 0 Å². The lowest BCUT2D eigenvalue weighted by molar-refractivity contribution is 0.100. The van der Waals surface area contributed by atoms with Crippen LogP contribution in [0.2, 0.25) is 0 Å². The van der Waals surface area contributed by atoms with Gasteiger partial charge in [0.1, 0.15) is 0 Å². The standard InChI is InChI=1S/C20H24O7/c1-26-15-6-10(3-4-14(15)23)17-13(9-22)12(8-21)5-11-7-16(27-2)19(24)20(25)18(11)17/h3-4,6-7,12-13,17,21-25H,5,8-9H2,1-2H3/t12-,13-,17+/m0/s1. The zero-order valence-corrected chi connectivity index (χ0v) is 15.2. The van der Waals surface area contributed by atoms with Gasteiger partial charge < -0.3 is 35.0 Å². The van der Waals surface area contributed by atoms with Crippen LogP contribution in [0.3, 0.4) is 0 Å². The van der Waals surface area contributed by atoms with Gasteiger partial charge in [0.05, 0.1) is 14.2 Å². The largest absolute Gasteiger partial charge is 0.504 e. The summed E-state index contributed by atoms with van der Waals surface area (Å²) >= 11 is 0. The number of hydrogen-bond donors (Lipinski definition) is 5. The van der Waals surface area contributed by atoms with E-state index in [1.54, 1.807) is 18.2 Å². The van der Waals surface area contributed by atoms with Crippen LogP contribution < -0.4 is 9.47 Å². The fourth-order valence-corrected chi connectivity index (χ4v) is 4.05. The Morgan fingerprint density at radius 3 is 2.22 bits per heavy atom. The van der Waals surface area contributed by atoms with Gasteiger partial charge in [-0.1, -0.05) is 6.07 Å². The van der Waals surface area contributed by atoms with Gasteiger partial charge in [-0.25, -0.2) is 0 Å². The number of methoxy groups -OCH3 is 2. The minimum Gasteiger partial charge on any atom is -0.504 e. The third-order valence-electron chi connectivity index (χ3n) is 5.42. The summed E-state index contributed by atoms with van der Waals surface area (Å²) in [4.78, 5) is 0. The third kappa shape index (κ3) is 3.13. The number of ether oxygens (including phenoxy) is 2. The van der Waals surface area contributed by atoms with E-state index in [-0.39, 0.29) is 47.9 Å². The Morgan fingerprint density at radius 1 is 0.926 bits per heavy atom. The third-order valence-corrected chi connectivity index (χ3v) is 5.42. The maximum atomic E-state index is 10.7. The van der Waals surface area contributed by atoms with Crippen molar-refractivity contribution in [2.24, 2.45) is 11.8 Å². The van der Waals surface area contributed by atoms with Gasteiger partial charge in [0.2, 0.25) is 5.75 Å². The summed E-state index contributed by atoms with van der Waals surface area (Å²) in [6, 6.07) is 6.43. The Hall–Kier alpha value is -2.64.